The van der Waals surface area contributed by atoms with Gasteiger partial charge in [-0.2, -0.15) is 0 Å². The van der Waals surface area contributed by atoms with Gasteiger partial charge in [0, 0.05) is 18.7 Å². The molecule has 35 heavy (non-hydrogen) atoms. The first kappa shape index (κ1) is 27.9. The van der Waals surface area contributed by atoms with Crippen molar-refractivity contribution in [3.05, 3.63) is 59.7 Å². The van der Waals surface area contributed by atoms with Crippen LogP contribution < -0.4 is 15.4 Å². The van der Waals surface area contributed by atoms with E-state index in [-0.39, 0.29) is 17.7 Å². The molecule has 2 N–H and O–H groups in total. The lowest BCUT2D eigenvalue weighted by Gasteiger charge is -2.30. The van der Waals surface area contributed by atoms with Crippen LogP contribution in [0.1, 0.15) is 74.1 Å². The number of amides is 3. The molecule has 2 aromatic carbocycles. The van der Waals surface area contributed by atoms with Gasteiger partial charge in [-0.25, -0.2) is 0 Å². The fourth-order valence-electron chi connectivity index (χ4n) is 3.69. The molecule has 0 aliphatic carbocycles. The molecule has 7 nitrogen and oxygen atoms in total. The highest BCUT2D eigenvalue weighted by Crippen LogP contribution is 2.19. The second-order valence-corrected chi connectivity index (χ2v) is 8.96. The van der Waals surface area contributed by atoms with E-state index < -0.39 is 11.9 Å². The lowest BCUT2D eigenvalue weighted by Crippen LogP contribution is -2.51. The van der Waals surface area contributed by atoms with E-state index in [1.165, 1.54) is 0 Å². The largest absolute Gasteiger partial charge is 0.497 e. The molecular weight excluding hydrogens is 442 g/mol. The average molecular weight is 482 g/mol. The Kier molecular flexibility index (Phi) is 11.3. The molecule has 0 bridgehead atoms. The highest BCUT2D eigenvalue weighted by Gasteiger charge is 2.29. The van der Waals surface area contributed by atoms with E-state index in [0.717, 1.165) is 25.7 Å². The predicted molar refractivity (Wildman–Crippen MR) is 140 cm³/mol. The van der Waals surface area contributed by atoms with Crippen LogP contribution in [-0.4, -0.2) is 48.9 Å². The van der Waals surface area contributed by atoms with Crippen LogP contribution in [0.3, 0.4) is 0 Å². The van der Waals surface area contributed by atoms with Gasteiger partial charge >= 0.3 is 0 Å². The summed E-state index contributed by atoms with van der Waals surface area (Å²) in [5.41, 5.74) is 1.13. The van der Waals surface area contributed by atoms with Crippen LogP contribution in [0.5, 0.6) is 5.75 Å². The Morgan fingerprint density at radius 2 is 1.49 bits per heavy atom. The molecule has 0 aliphatic heterocycles. The number of anilines is 1. The van der Waals surface area contributed by atoms with E-state index in [4.69, 9.17) is 4.74 Å². The molecule has 0 spiro atoms. The third-order valence-electron chi connectivity index (χ3n) is 5.87. The third kappa shape index (κ3) is 8.12. The smallest absolute Gasteiger partial charge is 0.255 e. The maximum absolute atomic E-state index is 13.4. The van der Waals surface area contributed by atoms with Gasteiger partial charge < -0.3 is 20.3 Å². The maximum atomic E-state index is 13.4. The summed E-state index contributed by atoms with van der Waals surface area (Å²) in [4.78, 5) is 41.3. The van der Waals surface area contributed by atoms with Crippen LogP contribution in [0.15, 0.2) is 48.5 Å². The van der Waals surface area contributed by atoms with Gasteiger partial charge in [0.1, 0.15) is 11.8 Å². The molecule has 0 saturated heterocycles. The minimum atomic E-state index is -0.651. The van der Waals surface area contributed by atoms with Gasteiger partial charge in [-0.05, 0) is 55.2 Å². The average Bonchev–Trinajstić information content (AvgIpc) is 2.87. The van der Waals surface area contributed by atoms with Crippen LogP contribution >= 0.6 is 0 Å². The summed E-state index contributed by atoms with van der Waals surface area (Å²) in [6.07, 6.45) is 3.84. The fourth-order valence-corrected chi connectivity index (χ4v) is 3.69. The van der Waals surface area contributed by atoms with Gasteiger partial charge in [-0.3, -0.25) is 14.4 Å². The number of rotatable bonds is 13. The zero-order valence-electron chi connectivity index (χ0n) is 21.6. The molecule has 7 heteroatoms. The molecule has 2 rings (SSSR count). The van der Waals surface area contributed by atoms with Gasteiger partial charge in [0.05, 0.1) is 18.4 Å². The lowest BCUT2D eigenvalue weighted by molar-refractivity contribution is -0.134. The Bertz CT molecular complexity index is 964. The Morgan fingerprint density at radius 3 is 2.03 bits per heavy atom. The summed E-state index contributed by atoms with van der Waals surface area (Å²) in [7, 11) is 1.56. The van der Waals surface area contributed by atoms with E-state index in [2.05, 4.69) is 24.5 Å². The zero-order chi connectivity index (χ0) is 25.8. The summed E-state index contributed by atoms with van der Waals surface area (Å²) in [5.74, 6) is -0.228. The fraction of sp³-hybridized carbons (Fsp3) is 0.464. The summed E-state index contributed by atoms with van der Waals surface area (Å²) in [6, 6.07) is 12.9. The SMILES string of the molecule is CCCCN(CCCC)C(=O)[C@@H](NC(=O)c1ccccc1NC(=O)c1ccc(OC)cc1)C(C)C. The summed E-state index contributed by atoms with van der Waals surface area (Å²) in [6.45, 7) is 9.42. The first-order valence-corrected chi connectivity index (χ1v) is 12.5. The van der Waals surface area contributed by atoms with Crippen LogP contribution in [0, 0.1) is 5.92 Å². The number of ether oxygens (including phenoxy) is 1. The molecular formula is C28H39N3O4. The normalized spacial score (nSPS) is 11.6. The van der Waals surface area contributed by atoms with E-state index >= 15 is 0 Å². The number of para-hydroxylation sites is 1. The quantitative estimate of drug-likeness (QED) is 0.415. The number of nitrogens with zero attached hydrogens (tertiary/aromatic N) is 1. The molecule has 0 aliphatic rings. The van der Waals surface area contributed by atoms with Gasteiger partial charge in [0.15, 0.2) is 0 Å². The molecule has 190 valence electrons. The minimum absolute atomic E-state index is 0.0602. The molecule has 0 unspecified atom stereocenters. The number of carbonyl (C=O) groups excluding carboxylic acids is 3. The van der Waals surface area contributed by atoms with Gasteiger partial charge in [0.25, 0.3) is 11.8 Å². The topological polar surface area (TPSA) is 87.7 Å². The lowest BCUT2D eigenvalue weighted by atomic mass is 10.0. The van der Waals surface area contributed by atoms with Crippen LogP contribution in [0.25, 0.3) is 0 Å². The highest BCUT2D eigenvalue weighted by atomic mass is 16.5. The molecule has 2 aromatic rings. The van der Waals surface area contributed by atoms with Crippen LogP contribution in [0.4, 0.5) is 5.69 Å². The Labute approximate surface area is 209 Å². The predicted octanol–water partition coefficient (Wildman–Crippen LogP) is 5.13. The van der Waals surface area contributed by atoms with Gasteiger partial charge in [-0.1, -0.05) is 52.7 Å². The number of benzene rings is 2. The van der Waals surface area contributed by atoms with E-state index in [1.54, 1.807) is 55.6 Å². The summed E-state index contributed by atoms with van der Waals surface area (Å²) >= 11 is 0. The summed E-state index contributed by atoms with van der Waals surface area (Å²) < 4.78 is 5.14. The van der Waals surface area contributed by atoms with Gasteiger partial charge in [-0.15, -0.1) is 0 Å². The van der Waals surface area contributed by atoms with Crippen molar-refractivity contribution in [2.24, 2.45) is 5.92 Å². The molecule has 0 fully saturated rings. The molecule has 0 aromatic heterocycles. The first-order chi connectivity index (χ1) is 16.8. The number of nitrogens with one attached hydrogen (secondary N) is 2. The van der Waals surface area contributed by atoms with Crippen molar-refractivity contribution in [3.63, 3.8) is 0 Å². The van der Waals surface area contributed by atoms with Crippen LogP contribution in [-0.2, 0) is 4.79 Å². The molecule has 0 saturated carbocycles. The second-order valence-electron chi connectivity index (χ2n) is 8.96. The summed E-state index contributed by atoms with van der Waals surface area (Å²) in [5, 5.41) is 5.76. The Hall–Kier alpha value is -3.35. The van der Waals surface area contributed by atoms with Crippen molar-refractivity contribution in [1.82, 2.24) is 10.2 Å². The van der Waals surface area contributed by atoms with E-state index in [9.17, 15) is 14.4 Å². The molecule has 3 amide bonds. The standard InChI is InChI=1S/C28H39N3O4/c1-6-8-18-31(19-9-7-2)28(34)25(20(3)4)30-27(33)23-12-10-11-13-24(23)29-26(32)21-14-16-22(35-5)17-15-21/h10-17,20,25H,6-9,18-19H2,1-5H3,(H,29,32)(H,30,33)/t25-/m0/s1. The number of methoxy groups -OCH3 is 1. The van der Waals surface area contributed by atoms with Crippen molar-refractivity contribution in [1.29, 1.82) is 0 Å². The number of unbranched alkanes of at least 4 members (excludes halogenated alkanes) is 2. The third-order valence-corrected chi connectivity index (χ3v) is 5.87. The molecule has 0 radical (unpaired) electrons. The van der Waals surface area contributed by atoms with Gasteiger partial charge in [0.2, 0.25) is 5.91 Å². The molecule has 1 atom stereocenters. The minimum Gasteiger partial charge on any atom is -0.497 e. The highest BCUT2D eigenvalue weighted by molar-refractivity contribution is 6.09. The van der Waals surface area contributed by atoms with Crippen molar-refractivity contribution < 1.29 is 19.1 Å². The first-order valence-electron chi connectivity index (χ1n) is 12.5. The van der Waals surface area contributed by atoms with E-state index in [0.29, 0.717) is 35.7 Å². The number of carbonyl (C=O) groups is 3. The monoisotopic (exact) mass is 481 g/mol. The number of hydrogen-bond acceptors (Lipinski definition) is 4. The second kappa shape index (κ2) is 14.1. The van der Waals surface area contributed by atoms with Crippen LogP contribution in [0.2, 0.25) is 0 Å². The Morgan fingerprint density at radius 1 is 0.886 bits per heavy atom. The van der Waals surface area contributed by atoms with E-state index in [1.807, 2.05) is 18.7 Å². The van der Waals surface area contributed by atoms with Crippen molar-refractivity contribution >= 4 is 23.4 Å². The van der Waals surface area contributed by atoms with Crippen molar-refractivity contribution in [3.8, 4) is 5.75 Å². The zero-order valence-corrected chi connectivity index (χ0v) is 21.6. The molecule has 0 heterocycles. The Balaban J connectivity index is 2.20. The maximum Gasteiger partial charge on any atom is 0.255 e. The van der Waals surface area contributed by atoms with Crippen molar-refractivity contribution in [2.45, 2.75) is 59.4 Å². The number of hydrogen-bond donors (Lipinski definition) is 2. The van der Waals surface area contributed by atoms with Crippen molar-refractivity contribution in [2.75, 3.05) is 25.5 Å².